The Morgan fingerprint density at radius 2 is 2.21 bits per heavy atom. The zero-order valence-electron chi connectivity index (χ0n) is 10.5. The van der Waals surface area contributed by atoms with Gasteiger partial charge in [-0.15, -0.1) is 0 Å². The number of para-hydroxylation sites is 1. The van der Waals surface area contributed by atoms with Crippen molar-refractivity contribution in [3.8, 4) is 0 Å². The van der Waals surface area contributed by atoms with E-state index in [1.54, 1.807) is 12.4 Å². The molecule has 2 aromatic heterocycles. The number of H-pyrrole nitrogens is 2. The van der Waals surface area contributed by atoms with E-state index < -0.39 is 0 Å². The van der Waals surface area contributed by atoms with Gasteiger partial charge in [-0.05, 0) is 18.6 Å². The molecule has 1 amide bonds. The highest BCUT2D eigenvalue weighted by Gasteiger charge is 2.12. The molecule has 0 aliphatic carbocycles. The largest absolute Gasteiger partial charge is 0.358 e. The molecule has 0 radical (unpaired) electrons. The molecule has 19 heavy (non-hydrogen) atoms. The summed E-state index contributed by atoms with van der Waals surface area (Å²) in [4.78, 5) is 15.3. The number of rotatable bonds is 3. The van der Waals surface area contributed by atoms with Crippen LogP contribution in [0.1, 0.15) is 11.3 Å². The van der Waals surface area contributed by atoms with E-state index in [9.17, 15) is 4.79 Å². The van der Waals surface area contributed by atoms with Crippen molar-refractivity contribution >= 4 is 22.5 Å². The van der Waals surface area contributed by atoms with Crippen LogP contribution in [0.5, 0.6) is 0 Å². The van der Waals surface area contributed by atoms with Crippen molar-refractivity contribution in [3.05, 3.63) is 47.9 Å². The van der Waals surface area contributed by atoms with Gasteiger partial charge in [-0.1, -0.05) is 18.2 Å². The van der Waals surface area contributed by atoms with Crippen LogP contribution in [0.25, 0.3) is 10.9 Å². The minimum atomic E-state index is -0.0470. The summed E-state index contributed by atoms with van der Waals surface area (Å²) in [5.41, 5.74) is 3.81. The number of fused-ring (bicyclic) bond motifs is 1. The third-order valence-electron chi connectivity index (χ3n) is 3.15. The predicted molar refractivity (Wildman–Crippen MR) is 74.0 cm³/mol. The maximum atomic E-state index is 12.0. The zero-order valence-corrected chi connectivity index (χ0v) is 10.5. The summed E-state index contributed by atoms with van der Waals surface area (Å²) >= 11 is 0. The van der Waals surface area contributed by atoms with Gasteiger partial charge >= 0.3 is 0 Å². The van der Waals surface area contributed by atoms with E-state index in [1.165, 1.54) is 0 Å². The molecular weight excluding hydrogens is 240 g/mol. The average Bonchev–Trinajstić information content (AvgIpc) is 2.99. The molecule has 0 spiro atoms. The monoisotopic (exact) mass is 254 g/mol. The van der Waals surface area contributed by atoms with Gasteiger partial charge < -0.3 is 10.3 Å². The van der Waals surface area contributed by atoms with Gasteiger partial charge in [0.1, 0.15) is 0 Å². The van der Waals surface area contributed by atoms with E-state index in [-0.39, 0.29) is 5.91 Å². The lowest BCUT2D eigenvalue weighted by Gasteiger charge is -2.03. The molecule has 0 aliphatic heterocycles. The number of benzene rings is 1. The van der Waals surface area contributed by atoms with Gasteiger partial charge in [0.15, 0.2) is 0 Å². The fourth-order valence-electron chi connectivity index (χ4n) is 2.25. The number of anilines is 1. The fraction of sp³-hybridized carbons (Fsp3) is 0.143. The van der Waals surface area contributed by atoms with Gasteiger partial charge in [0.2, 0.25) is 5.91 Å². The summed E-state index contributed by atoms with van der Waals surface area (Å²) < 4.78 is 0. The first-order valence-electron chi connectivity index (χ1n) is 6.09. The molecule has 96 valence electrons. The summed E-state index contributed by atoms with van der Waals surface area (Å²) in [6, 6.07) is 8.00. The number of amides is 1. The number of hydrogen-bond donors (Lipinski definition) is 3. The molecule has 2 heterocycles. The SMILES string of the molecule is Cc1[nH]c2ccccc2c1CC(=O)Nc1cn[nH]c1. The van der Waals surface area contributed by atoms with E-state index >= 15 is 0 Å². The van der Waals surface area contributed by atoms with Crippen LogP contribution >= 0.6 is 0 Å². The second kappa shape index (κ2) is 4.61. The Labute approximate surface area is 110 Å². The number of aryl methyl sites for hydroxylation is 1. The first kappa shape index (κ1) is 11.5. The van der Waals surface area contributed by atoms with E-state index in [4.69, 9.17) is 0 Å². The van der Waals surface area contributed by atoms with Crippen molar-refractivity contribution in [2.75, 3.05) is 5.32 Å². The van der Waals surface area contributed by atoms with E-state index in [0.717, 1.165) is 22.2 Å². The lowest BCUT2D eigenvalue weighted by molar-refractivity contribution is -0.115. The van der Waals surface area contributed by atoms with Crippen molar-refractivity contribution in [1.29, 1.82) is 0 Å². The van der Waals surface area contributed by atoms with Gasteiger partial charge in [0.25, 0.3) is 0 Å². The maximum Gasteiger partial charge on any atom is 0.228 e. The molecular formula is C14H14N4O. The number of carbonyl (C=O) groups is 1. The molecule has 0 unspecified atom stereocenters. The van der Waals surface area contributed by atoms with E-state index in [1.807, 2.05) is 31.2 Å². The van der Waals surface area contributed by atoms with Crippen LogP contribution < -0.4 is 5.32 Å². The van der Waals surface area contributed by atoms with Gasteiger partial charge in [-0.25, -0.2) is 0 Å². The Bertz CT molecular complexity index is 712. The molecule has 5 heteroatoms. The Morgan fingerprint density at radius 3 is 3.00 bits per heavy atom. The van der Waals surface area contributed by atoms with Crippen LogP contribution in [0.2, 0.25) is 0 Å². The smallest absolute Gasteiger partial charge is 0.228 e. The van der Waals surface area contributed by atoms with Crippen LogP contribution in [0, 0.1) is 6.92 Å². The fourth-order valence-corrected chi connectivity index (χ4v) is 2.25. The molecule has 1 aromatic carbocycles. The molecule has 3 aromatic rings. The number of aromatic nitrogens is 3. The van der Waals surface area contributed by atoms with Gasteiger partial charge in [0, 0.05) is 22.8 Å². The van der Waals surface area contributed by atoms with Gasteiger partial charge in [-0.2, -0.15) is 5.10 Å². The molecule has 3 N–H and O–H groups in total. The first-order valence-corrected chi connectivity index (χ1v) is 6.09. The number of nitrogens with one attached hydrogen (secondary N) is 3. The van der Waals surface area contributed by atoms with E-state index in [0.29, 0.717) is 12.1 Å². The molecule has 5 nitrogen and oxygen atoms in total. The second-order valence-corrected chi connectivity index (χ2v) is 4.49. The molecule has 0 saturated heterocycles. The van der Waals surface area contributed by atoms with Gasteiger partial charge in [-0.3, -0.25) is 9.89 Å². The number of carbonyl (C=O) groups excluding carboxylic acids is 1. The maximum absolute atomic E-state index is 12.0. The third-order valence-corrected chi connectivity index (χ3v) is 3.15. The van der Waals surface area contributed by atoms with Crippen LogP contribution in [0.3, 0.4) is 0 Å². The molecule has 0 bridgehead atoms. The summed E-state index contributed by atoms with van der Waals surface area (Å²) in [7, 11) is 0. The Kier molecular flexibility index (Phi) is 2.79. The minimum Gasteiger partial charge on any atom is -0.358 e. The van der Waals surface area contributed by atoms with Crippen molar-refractivity contribution in [3.63, 3.8) is 0 Å². The van der Waals surface area contributed by atoms with Crippen molar-refractivity contribution in [2.24, 2.45) is 0 Å². The summed E-state index contributed by atoms with van der Waals surface area (Å²) in [5.74, 6) is -0.0470. The Hall–Kier alpha value is -2.56. The Morgan fingerprint density at radius 1 is 1.37 bits per heavy atom. The van der Waals surface area contributed by atoms with E-state index in [2.05, 4.69) is 20.5 Å². The Balaban J connectivity index is 1.85. The highest BCUT2D eigenvalue weighted by molar-refractivity contribution is 5.96. The summed E-state index contributed by atoms with van der Waals surface area (Å²) in [6.07, 6.45) is 3.58. The summed E-state index contributed by atoms with van der Waals surface area (Å²) in [6.45, 7) is 1.99. The highest BCUT2D eigenvalue weighted by atomic mass is 16.1. The van der Waals surface area contributed by atoms with Crippen molar-refractivity contribution < 1.29 is 4.79 Å². The molecule has 3 rings (SSSR count). The van der Waals surface area contributed by atoms with Crippen molar-refractivity contribution in [2.45, 2.75) is 13.3 Å². The molecule has 0 fully saturated rings. The normalized spacial score (nSPS) is 10.8. The topological polar surface area (TPSA) is 73.6 Å². The lowest BCUT2D eigenvalue weighted by Crippen LogP contribution is -2.14. The number of nitrogens with zero attached hydrogens (tertiary/aromatic N) is 1. The predicted octanol–water partition coefficient (Wildman–Crippen LogP) is 2.38. The standard InChI is InChI=1S/C14H14N4O/c1-9-12(11-4-2-3-5-13(11)17-9)6-14(19)18-10-7-15-16-8-10/h2-5,7-8,17H,6H2,1H3,(H,15,16)(H,18,19). The average molecular weight is 254 g/mol. The zero-order chi connectivity index (χ0) is 13.2. The number of hydrogen-bond acceptors (Lipinski definition) is 2. The molecule has 0 saturated carbocycles. The van der Waals surface area contributed by atoms with Crippen LogP contribution in [-0.4, -0.2) is 21.1 Å². The van der Waals surface area contributed by atoms with Crippen LogP contribution in [0.15, 0.2) is 36.7 Å². The lowest BCUT2D eigenvalue weighted by atomic mass is 10.1. The van der Waals surface area contributed by atoms with Crippen LogP contribution in [0.4, 0.5) is 5.69 Å². The highest BCUT2D eigenvalue weighted by Crippen LogP contribution is 2.22. The third kappa shape index (κ3) is 2.22. The molecule has 0 aliphatic rings. The number of aromatic amines is 2. The quantitative estimate of drug-likeness (QED) is 0.671. The van der Waals surface area contributed by atoms with Crippen LogP contribution in [-0.2, 0) is 11.2 Å². The first-order chi connectivity index (χ1) is 9.24. The second-order valence-electron chi connectivity index (χ2n) is 4.49. The summed E-state index contributed by atoms with van der Waals surface area (Å²) in [5, 5.41) is 10.4. The van der Waals surface area contributed by atoms with Gasteiger partial charge in [0.05, 0.1) is 18.3 Å². The molecule has 0 atom stereocenters. The van der Waals surface area contributed by atoms with Crippen molar-refractivity contribution in [1.82, 2.24) is 15.2 Å². The minimum absolute atomic E-state index is 0.0470.